The largest absolute Gasteiger partial charge is 0.493 e. The van der Waals surface area contributed by atoms with Gasteiger partial charge in [0.25, 0.3) is 0 Å². The third-order valence-electron chi connectivity index (χ3n) is 5.19. The number of carboxylic acid groups (broad SMARTS) is 1. The van der Waals surface area contributed by atoms with Crippen molar-refractivity contribution >= 4 is 16.9 Å². The van der Waals surface area contributed by atoms with E-state index < -0.39 is 5.97 Å². The average Bonchev–Trinajstić information content (AvgIpc) is 3.05. The number of aromatic amines is 1. The van der Waals surface area contributed by atoms with Crippen LogP contribution in [0.25, 0.3) is 22.2 Å². The summed E-state index contributed by atoms with van der Waals surface area (Å²) in [7, 11) is 1.60. The van der Waals surface area contributed by atoms with Crippen molar-refractivity contribution in [3.8, 4) is 22.8 Å². The minimum Gasteiger partial charge on any atom is -0.493 e. The van der Waals surface area contributed by atoms with E-state index in [1.54, 1.807) is 7.11 Å². The zero-order valence-electron chi connectivity index (χ0n) is 16.8. The van der Waals surface area contributed by atoms with Crippen LogP contribution in [0, 0.1) is 0 Å². The summed E-state index contributed by atoms with van der Waals surface area (Å²) < 4.78 is 11.1. The summed E-state index contributed by atoms with van der Waals surface area (Å²) >= 11 is 0. The predicted molar refractivity (Wildman–Crippen MR) is 112 cm³/mol. The second kappa shape index (κ2) is 8.38. The highest BCUT2D eigenvalue weighted by Crippen LogP contribution is 2.37. The molecule has 148 valence electrons. The molecule has 3 aromatic rings. The van der Waals surface area contributed by atoms with Gasteiger partial charge in [0.05, 0.1) is 25.8 Å². The normalized spacial score (nSPS) is 12.1. The molecular weight excluding hydrogens is 354 g/mol. The van der Waals surface area contributed by atoms with Crippen LogP contribution >= 0.6 is 0 Å². The Kier molecular flexibility index (Phi) is 5.93. The van der Waals surface area contributed by atoms with Gasteiger partial charge in [0.2, 0.25) is 0 Å². The minimum atomic E-state index is -0.853. The van der Waals surface area contributed by atoms with Crippen molar-refractivity contribution in [1.29, 1.82) is 0 Å². The van der Waals surface area contributed by atoms with Gasteiger partial charge in [0.1, 0.15) is 0 Å². The molecule has 0 aliphatic heterocycles. The van der Waals surface area contributed by atoms with Gasteiger partial charge in [-0.05, 0) is 60.7 Å². The van der Waals surface area contributed by atoms with Crippen LogP contribution < -0.4 is 9.47 Å². The highest BCUT2D eigenvalue weighted by atomic mass is 16.5. The number of aromatic nitrogens is 1. The predicted octanol–water partition coefficient (Wildman–Crippen LogP) is 5.38. The number of aliphatic carboxylic acids is 1. The molecule has 1 aromatic heterocycles. The second-order valence-electron chi connectivity index (χ2n) is 6.96. The van der Waals surface area contributed by atoms with E-state index in [1.165, 1.54) is 5.56 Å². The number of carbonyl (C=O) groups is 1. The molecule has 2 N–H and O–H groups in total. The Morgan fingerprint density at radius 2 is 1.93 bits per heavy atom. The van der Waals surface area contributed by atoms with E-state index in [2.05, 4.69) is 31.0 Å². The third kappa shape index (κ3) is 3.84. The van der Waals surface area contributed by atoms with Crippen LogP contribution in [0.3, 0.4) is 0 Å². The highest BCUT2D eigenvalue weighted by molar-refractivity contribution is 5.94. The summed E-state index contributed by atoms with van der Waals surface area (Å²) in [6, 6.07) is 11.9. The van der Waals surface area contributed by atoms with Crippen LogP contribution in [0.2, 0.25) is 0 Å². The molecule has 5 heteroatoms. The highest BCUT2D eigenvalue weighted by Gasteiger charge is 2.18. The molecule has 1 atom stereocenters. The van der Waals surface area contributed by atoms with Gasteiger partial charge < -0.3 is 19.6 Å². The fourth-order valence-corrected chi connectivity index (χ4v) is 3.49. The van der Waals surface area contributed by atoms with Gasteiger partial charge in [-0.3, -0.25) is 4.79 Å². The van der Waals surface area contributed by atoms with Crippen LogP contribution in [0.1, 0.15) is 44.2 Å². The van der Waals surface area contributed by atoms with Crippen LogP contribution in [-0.2, 0) is 11.2 Å². The molecule has 0 aliphatic carbocycles. The smallest absolute Gasteiger partial charge is 0.307 e. The summed E-state index contributed by atoms with van der Waals surface area (Å²) in [6.45, 7) is 6.81. The van der Waals surface area contributed by atoms with E-state index in [0.29, 0.717) is 24.0 Å². The molecule has 0 bridgehead atoms. The first-order chi connectivity index (χ1) is 13.5. The number of rotatable bonds is 8. The van der Waals surface area contributed by atoms with Gasteiger partial charge in [-0.25, -0.2) is 0 Å². The first kappa shape index (κ1) is 19.8. The SMILES string of the molecule is CCOc1ccc(-c2[nH]c3ccc(C(C)CC)cc3c2CC(=O)O)cc1OC. The zero-order chi connectivity index (χ0) is 20.3. The van der Waals surface area contributed by atoms with Crippen LogP contribution in [0.15, 0.2) is 36.4 Å². The van der Waals surface area contributed by atoms with E-state index in [4.69, 9.17) is 9.47 Å². The topological polar surface area (TPSA) is 71.6 Å². The fourth-order valence-electron chi connectivity index (χ4n) is 3.49. The van der Waals surface area contributed by atoms with Gasteiger partial charge in [-0.15, -0.1) is 0 Å². The lowest BCUT2D eigenvalue weighted by Crippen LogP contribution is -2.01. The van der Waals surface area contributed by atoms with Gasteiger partial charge in [-0.1, -0.05) is 19.9 Å². The summed E-state index contributed by atoms with van der Waals surface area (Å²) in [6.07, 6.45) is 0.988. The number of methoxy groups -OCH3 is 1. The third-order valence-corrected chi connectivity index (χ3v) is 5.19. The molecule has 0 aliphatic rings. The molecule has 0 saturated heterocycles. The molecule has 1 heterocycles. The van der Waals surface area contributed by atoms with Crippen LogP contribution in [-0.4, -0.2) is 29.8 Å². The Hall–Kier alpha value is -2.95. The molecular formula is C23H27NO4. The minimum absolute atomic E-state index is 0.0468. The number of ether oxygens (including phenoxy) is 2. The van der Waals surface area contributed by atoms with Crippen molar-refractivity contribution in [3.63, 3.8) is 0 Å². The molecule has 0 radical (unpaired) electrons. The van der Waals surface area contributed by atoms with E-state index in [9.17, 15) is 9.90 Å². The van der Waals surface area contributed by atoms with E-state index in [-0.39, 0.29) is 6.42 Å². The summed E-state index contributed by atoms with van der Waals surface area (Å²) in [5.74, 6) is 0.864. The van der Waals surface area contributed by atoms with E-state index in [0.717, 1.165) is 34.1 Å². The number of carboxylic acids is 1. The molecule has 1 unspecified atom stereocenters. The summed E-state index contributed by atoms with van der Waals surface area (Å²) in [4.78, 5) is 15.0. The first-order valence-corrected chi connectivity index (χ1v) is 9.65. The van der Waals surface area contributed by atoms with Crippen molar-refractivity contribution in [2.45, 2.75) is 39.5 Å². The number of benzene rings is 2. The van der Waals surface area contributed by atoms with Gasteiger partial charge >= 0.3 is 5.97 Å². The number of nitrogens with one attached hydrogen (secondary N) is 1. The van der Waals surface area contributed by atoms with Crippen molar-refractivity contribution in [2.75, 3.05) is 13.7 Å². The Bertz CT molecular complexity index is 990. The number of fused-ring (bicyclic) bond motifs is 1. The number of hydrogen-bond donors (Lipinski definition) is 2. The molecule has 0 amide bonds. The number of H-pyrrole nitrogens is 1. The first-order valence-electron chi connectivity index (χ1n) is 9.65. The Morgan fingerprint density at radius 1 is 1.14 bits per heavy atom. The number of hydrogen-bond acceptors (Lipinski definition) is 3. The molecule has 0 saturated carbocycles. The zero-order valence-corrected chi connectivity index (χ0v) is 16.8. The molecule has 5 nitrogen and oxygen atoms in total. The maximum absolute atomic E-state index is 11.6. The maximum Gasteiger partial charge on any atom is 0.307 e. The van der Waals surface area contributed by atoms with Gasteiger partial charge in [0.15, 0.2) is 11.5 Å². The standard InChI is InChI=1S/C23H27NO4/c1-5-14(3)15-7-9-19-17(11-15)18(13-22(25)26)23(24-19)16-8-10-20(28-6-2)21(12-16)27-4/h7-12,14,24H,5-6,13H2,1-4H3,(H,25,26). The van der Waals surface area contributed by atoms with E-state index in [1.807, 2.05) is 31.2 Å². The van der Waals surface area contributed by atoms with Crippen molar-refractivity contribution in [1.82, 2.24) is 4.98 Å². The lowest BCUT2D eigenvalue weighted by molar-refractivity contribution is -0.136. The summed E-state index contributed by atoms with van der Waals surface area (Å²) in [5.41, 5.74) is 4.62. The maximum atomic E-state index is 11.6. The monoisotopic (exact) mass is 381 g/mol. The molecule has 2 aromatic carbocycles. The van der Waals surface area contributed by atoms with Crippen LogP contribution in [0.5, 0.6) is 11.5 Å². The Morgan fingerprint density at radius 3 is 2.57 bits per heavy atom. The lowest BCUT2D eigenvalue weighted by atomic mass is 9.95. The Balaban J connectivity index is 2.18. The van der Waals surface area contributed by atoms with Crippen molar-refractivity contribution in [3.05, 3.63) is 47.5 Å². The van der Waals surface area contributed by atoms with Crippen molar-refractivity contribution in [2.24, 2.45) is 0 Å². The molecule has 0 spiro atoms. The summed E-state index contributed by atoms with van der Waals surface area (Å²) in [5, 5.41) is 10.5. The molecule has 3 rings (SSSR count). The molecule has 28 heavy (non-hydrogen) atoms. The van der Waals surface area contributed by atoms with Crippen LogP contribution in [0.4, 0.5) is 0 Å². The lowest BCUT2D eigenvalue weighted by Gasteiger charge is -2.11. The molecule has 0 fully saturated rings. The van der Waals surface area contributed by atoms with Gasteiger partial charge in [0, 0.05) is 16.5 Å². The Labute approximate surface area is 165 Å². The van der Waals surface area contributed by atoms with E-state index >= 15 is 0 Å². The average molecular weight is 381 g/mol. The van der Waals surface area contributed by atoms with Crippen molar-refractivity contribution < 1.29 is 19.4 Å². The second-order valence-corrected chi connectivity index (χ2v) is 6.96. The van der Waals surface area contributed by atoms with Gasteiger partial charge in [-0.2, -0.15) is 0 Å². The quantitative estimate of drug-likeness (QED) is 0.549. The fraction of sp³-hybridized carbons (Fsp3) is 0.348.